The molecular formula is C13H11F3O2. The van der Waals surface area contributed by atoms with Gasteiger partial charge in [-0.15, -0.1) is 0 Å². The van der Waals surface area contributed by atoms with Crippen LogP contribution in [0.15, 0.2) is 36.1 Å². The fourth-order valence-corrected chi connectivity index (χ4v) is 2.05. The summed E-state index contributed by atoms with van der Waals surface area (Å²) < 4.78 is 37.1. The summed E-state index contributed by atoms with van der Waals surface area (Å²) in [7, 11) is 0. The second kappa shape index (κ2) is 4.48. The van der Waals surface area contributed by atoms with E-state index in [2.05, 4.69) is 0 Å². The van der Waals surface area contributed by atoms with Gasteiger partial charge in [-0.25, -0.2) is 0 Å². The maximum Gasteiger partial charge on any atom is 0.416 e. The van der Waals surface area contributed by atoms with E-state index in [1.165, 1.54) is 18.2 Å². The van der Waals surface area contributed by atoms with Gasteiger partial charge in [0.25, 0.3) is 0 Å². The van der Waals surface area contributed by atoms with Crippen LogP contribution in [0.5, 0.6) is 0 Å². The molecule has 0 saturated heterocycles. The predicted octanol–water partition coefficient (Wildman–Crippen LogP) is 3.59. The number of hydrogen-bond donors (Lipinski definition) is 1. The van der Waals surface area contributed by atoms with Crippen molar-refractivity contribution in [2.45, 2.75) is 24.9 Å². The molecule has 1 atom stereocenters. The van der Waals surface area contributed by atoms with Gasteiger partial charge in [-0.3, -0.25) is 4.79 Å². The smallest absolute Gasteiger partial charge is 0.416 e. The van der Waals surface area contributed by atoms with Crippen LogP contribution in [-0.4, -0.2) is 10.9 Å². The molecule has 5 heteroatoms. The van der Waals surface area contributed by atoms with Crippen LogP contribution in [0.2, 0.25) is 0 Å². The molecule has 96 valence electrons. The average molecular weight is 256 g/mol. The summed E-state index contributed by atoms with van der Waals surface area (Å²) in [6.07, 6.45) is -2.68. The summed E-state index contributed by atoms with van der Waals surface area (Å²) in [4.78, 5) is 11.3. The molecule has 1 aliphatic rings. The highest BCUT2D eigenvalue weighted by atomic mass is 19.4. The van der Waals surface area contributed by atoms with E-state index in [1.807, 2.05) is 0 Å². The fraction of sp³-hybridized carbons (Fsp3) is 0.308. The number of ketones is 1. The Hall–Kier alpha value is -1.78. The van der Waals surface area contributed by atoms with Gasteiger partial charge in [0.1, 0.15) is 0 Å². The molecule has 1 aromatic rings. The van der Waals surface area contributed by atoms with Crippen LogP contribution in [-0.2, 0) is 11.0 Å². The first-order valence-electron chi connectivity index (χ1n) is 5.46. The molecule has 2 rings (SSSR count). The molecule has 0 bridgehead atoms. The van der Waals surface area contributed by atoms with Crippen LogP contribution >= 0.6 is 0 Å². The number of aliphatic hydroxyl groups is 1. The predicted molar refractivity (Wildman–Crippen MR) is 59.1 cm³/mol. The Labute approximate surface area is 102 Å². The van der Waals surface area contributed by atoms with E-state index in [4.69, 9.17) is 0 Å². The highest BCUT2D eigenvalue weighted by Gasteiger charge is 2.30. The van der Waals surface area contributed by atoms with Gasteiger partial charge in [-0.1, -0.05) is 12.1 Å². The van der Waals surface area contributed by atoms with E-state index in [1.54, 1.807) is 0 Å². The number of carbonyl (C=O) groups is 1. The maximum atomic E-state index is 12.4. The first-order valence-corrected chi connectivity index (χ1v) is 5.46. The topological polar surface area (TPSA) is 37.3 Å². The number of alkyl halides is 3. The Morgan fingerprint density at radius 3 is 2.22 bits per heavy atom. The van der Waals surface area contributed by atoms with Crippen LogP contribution in [0.1, 0.15) is 29.9 Å². The summed E-state index contributed by atoms with van der Waals surface area (Å²) in [5.74, 6) is -0.468. The zero-order chi connectivity index (χ0) is 13.3. The molecule has 18 heavy (non-hydrogen) atoms. The fourth-order valence-electron chi connectivity index (χ4n) is 2.05. The minimum absolute atomic E-state index is 0.0175. The van der Waals surface area contributed by atoms with E-state index in [9.17, 15) is 23.1 Å². The Kier molecular flexibility index (Phi) is 3.15. The van der Waals surface area contributed by atoms with E-state index in [-0.39, 0.29) is 30.3 Å². The van der Waals surface area contributed by atoms with Gasteiger partial charge in [0.15, 0.2) is 5.78 Å². The lowest BCUT2D eigenvalue weighted by Gasteiger charge is -2.20. The van der Waals surface area contributed by atoms with Gasteiger partial charge in [0.05, 0.1) is 11.3 Å². The SMILES string of the molecule is O=C1C=C(O)C[C@@H](c2ccc(C(F)(F)F)cc2)C1. The third-order valence-corrected chi connectivity index (χ3v) is 2.94. The van der Waals surface area contributed by atoms with Crippen molar-refractivity contribution < 1.29 is 23.1 Å². The number of rotatable bonds is 1. The summed E-state index contributed by atoms with van der Waals surface area (Å²) in [5.41, 5.74) is -0.0795. The van der Waals surface area contributed by atoms with Crippen LogP contribution in [0, 0.1) is 0 Å². The molecule has 0 fully saturated rings. The second-order valence-electron chi connectivity index (χ2n) is 4.33. The lowest BCUT2D eigenvalue weighted by atomic mass is 9.86. The highest BCUT2D eigenvalue weighted by molar-refractivity contribution is 5.91. The lowest BCUT2D eigenvalue weighted by Crippen LogP contribution is -2.13. The van der Waals surface area contributed by atoms with Crippen molar-refractivity contribution in [1.29, 1.82) is 0 Å². The molecule has 1 N–H and O–H groups in total. The molecule has 0 radical (unpaired) electrons. The van der Waals surface area contributed by atoms with Crippen molar-refractivity contribution in [2.75, 3.05) is 0 Å². The third-order valence-electron chi connectivity index (χ3n) is 2.94. The zero-order valence-corrected chi connectivity index (χ0v) is 9.37. The average Bonchev–Trinajstić information content (AvgIpc) is 2.27. The lowest BCUT2D eigenvalue weighted by molar-refractivity contribution is -0.137. The van der Waals surface area contributed by atoms with Crippen LogP contribution in [0.3, 0.4) is 0 Å². The molecule has 0 spiro atoms. The third kappa shape index (κ3) is 2.72. The van der Waals surface area contributed by atoms with Crippen molar-refractivity contribution in [3.63, 3.8) is 0 Å². The number of halogens is 3. The van der Waals surface area contributed by atoms with E-state index in [0.717, 1.165) is 12.1 Å². The molecule has 0 amide bonds. The van der Waals surface area contributed by atoms with E-state index >= 15 is 0 Å². The van der Waals surface area contributed by atoms with E-state index in [0.29, 0.717) is 5.56 Å². The standard InChI is InChI=1S/C13H11F3O2/c14-13(15,16)10-3-1-8(2-4-10)9-5-11(17)7-12(18)6-9/h1-4,7,9,17H,5-6H2/t9-/m1/s1. The first kappa shape index (κ1) is 12.7. The van der Waals surface area contributed by atoms with Gasteiger partial charge in [0, 0.05) is 18.9 Å². The Balaban J connectivity index is 2.21. The number of benzene rings is 1. The van der Waals surface area contributed by atoms with Crippen molar-refractivity contribution in [3.05, 3.63) is 47.2 Å². The van der Waals surface area contributed by atoms with Gasteiger partial charge in [-0.05, 0) is 23.6 Å². The van der Waals surface area contributed by atoms with Crippen LogP contribution in [0.4, 0.5) is 13.2 Å². The summed E-state index contributed by atoms with van der Waals surface area (Å²) in [6, 6.07) is 4.71. The Bertz CT molecular complexity index is 486. The van der Waals surface area contributed by atoms with Gasteiger partial charge in [0.2, 0.25) is 0 Å². The molecule has 0 unspecified atom stereocenters. The normalized spacial score (nSPS) is 20.7. The van der Waals surface area contributed by atoms with Crippen molar-refractivity contribution in [1.82, 2.24) is 0 Å². The first-order chi connectivity index (χ1) is 8.36. The monoisotopic (exact) mass is 256 g/mol. The number of aliphatic hydroxyl groups excluding tert-OH is 1. The Morgan fingerprint density at radius 1 is 1.11 bits per heavy atom. The molecule has 1 aromatic carbocycles. The summed E-state index contributed by atoms with van der Waals surface area (Å²) >= 11 is 0. The molecule has 1 aliphatic carbocycles. The van der Waals surface area contributed by atoms with Crippen molar-refractivity contribution in [3.8, 4) is 0 Å². The second-order valence-corrected chi connectivity index (χ2v) is 4.33. The highest BCUT2D eigenvalue weighted by Crippen LogP contribution is 2.33. The minimum atomic E-state index is -4.36. The molecule has 0 aromatic heterocycles. The van der Waals surface area contributed by atoms with Gasteiger partial charge >= 0.3 is 6.18 Å². The molecule has 0 saturated carbocycles. The quantitative estimate of drug-likeness (QED) is 0.833. The summed E-state index contributed by atoms with van der Waals surface area (Å²) in [6.45, 7) is 0. The molecule has 0 aliphatic heterocycles. The van der Waals surface area contributed by atoms with Crippen molar-refractivity contribution in [2.24, 2.45) is 0 Å². The van der Waals surface area contributed by atoms with E-state index < -0.39 is 11.7 Å². The van der Waals surface area contributed by atoms with Crippen LogP contribution in [0.25, 0.3) is 0 Å². The largest absolute Gasteiger partial charge is 0.512 e. The maximum absolute atomic E-state index is 12.4. The number of allylic oxidation sites excluding steroid dienone is 2. The molecule has 0 heterocycles. The zero-order valence-electron chi connectivity index (χ0n) is 9.37. The number of hydrogen-bond acceptors (Lipinski definition) is 2. The van der Waals surface area contributed by atoms with Gasteiger partial charge < -0.3 is 5.11 Å². The summed E-state index contributed by atoms with van der Waals surface area (Å²) in [5, 5.41) is 9.36. The molecule has 2 nitrogen and oxygen atoms in total. The van der Waals surface area contributed by atoms with Crippen molar-refractivity contribution >= 4 is 5.78 Å². The Morgan fingerprint density at radius 2 is 1.72 bits per heavy atom. The molecular weight excluding hydrogens is 245 g/mol. The van der Waals surface area contributed by atoms with Crippen LogP contribution < -0.4 is 0 Å². The van der Waals surface area contributed by atoms with Gasteiger partial charge in [-0.2, -0.15) is 13.2 Å². The minimum Gasteiger partial charge on any atom is -0.512 e. The number of carbonyl (C=O) groups excluding carboxylic acids is 1.